The minimum atomic E-state index is 0.614. The van der Waals surface area contributed by atoms with Crippen LogP contribution in [0.5, 0.6) is 0 Å². The number of hydrogen-bond acceptors (Lipinski definition) is 1. The Kier molecular flexibility index (Phi) is 3.37. The lowest BCUT2D eigenvalue weighted by atomic mass is 9.89. The second-order valence-corrected chi connectivity index (χ2v) is 7.79. The summed E-state index contributed by atoms with van der Waals surface area (Å²) in [6.45, 7) is 8.01. The van der Waals surface area contributed by atoms with E-state index in [0.29, 0.717) is 6.04 Å². The van der Waals surface area contributed by atoms with Gasteiger partial charge in [-0.2, -0.15) is 0 Å². The molecule has 1 nitrogen and oxygen atoms in total. The summed E-state index contributed by atoms with van der Waals surface area (Å²) in [5, 5.41) is 3.91. The third kappa shape index (κ3) is 2.08. The molecule has 3 aliphatic carbocycles. The highest BCUT2D eigenvalue weighted by molar-refractivity contribution is 5.37. The number of rotatable bonds is 5. The zero-order valence-electron chi connectivity index (χ0n) is 13.7. The Morgan fingerprint density at radius 2 is 1.86 bits per heavy atom. The first kappa shape index (κ1) is 13.8. The van der Waals surface area contributed by atoms with Crippen LogP contribution in [0.15, 0.2) is 18.2 Å². The second-order valence-electron chi connectivity index (χ2n) is 7.79. The summed E-state index contributed by atoms with van der Waals surface area (Å²) in [6.07, 6.45) is 5.83. The summed E-state index contributed by atoms with van der Waals surface area (Å²) in [4.78, 5) is 0. The fraction of sp³-hybridized carbons (Fsp3) is 0.700. The Labute approximate surface area is 129 Å². The maximum Gasteiger partial charge on any atom is 0.0357 e. The van der Waals surface area contributed by atoms with Crippen LogP contribution in [-0.2, 0) is 0 Å². The van der Waals surface area contributed by atoms with Crippen LogP contribution >= 0.6 is 0 Å². The number of fused-ring (bicyclic) bond motifs is 5. The maximum atomic E-state index is 3.91. The molecule has 4 rings (SSSR count). The lowest BCUT2D eigenvalue weighted by molar-refractivity contribution is 0.369. The van der Waals surface area contributed by atoms with Crippen molar-refractivity contribution in [3.05, 3.63) is 34.9 Å². The molecule has 3 saturated carbocycles. The van der Waals surface area contributed by atoms with Crippen LogP contribution in [-0.4, -0.2) is 6.54 Å². The van der Waals surface area contributed by atoms with Gasteiger partial charge in [0.05, 0.1) is 0 Å². The third-order valence-corrected chi connectivity index (χ3v) is 6.78. The Morgan fingerprint density at radius 1 is 1.14 bits per heavy atom. The Morgan fingerprint density at radius 3 is 2.52 bits per heavy atom. The molecule has 21 heavy (non-hydrogen) atoms. The van der Waals surface area contributed by atoms with Gasteiger partial charge >= 0.3 is 0 Å². The van der Waals surface area contributed by atoms with E-state index in [9.17, 15) is 0 Å². The monoisotopic (exact) mass is 283 g/mol. The van der Waals surface area contributed by atoms with Crippen molar-refractivity contribution < 1.29 is 0 Å². The van der Waals surface area contributed by atoms with Crippen molar-refractivity contribution in [1.29, 1.82) is 0 Å². The van der Waals surface area contributed by atoms with Crippen molar-refractivity contribution in [2.24, 2.45) is 29.6 Å². The molecule has 0 amide bonds. The molecule has 114 valence electrons. The average molecular weight is 283 g/mol. The Bertz CT molecular complexity index is 519. The smallest absolute Gasteiger partial charge is 0.0357 e. The number of aryl methyl sites for hydroxylation is 1. The lowest BCUT2D eigenvalue weighted by Crippen LogP contribution is -2.27. The summed E-state index contributed by atoms with van der Waals surface area (Å²) in [6, 6.07) is 7.51. The van der Waals surface area contributed by atoms with Gasteiger partial charge in [0.1, 0.15) is 0 Å². The van der Waals surface area contributed by atoms with Crippen molar-refractivity contribution in [2.75, 3.05) is 6.54 Å². The molecular formula is C20H29N. The highest BCUT2D eigenvalue weighted by Gasteiger charge is 2.66. The Balaban J connectivity index is 1.62. The van der Waals surface area contributed by atoms with Gasteiger partial charge in [-0.05, 0) is 92.4 Å². The van der Waals surface area contributed by atoms with Gasteiger partial charge in [-0.15, -0.1) is 0 Å². The quantitative estimate of drug-likeness (QED) is 0.830. The molecule has 0 spiro atoms. The second kappa shape index (κ2) is 5.12. The standard InChI is InChI=1S/C20H29N/c1-4-10-21-20(16-7-5-6-12(2)13(16)3)19-17-14-8-9-15(11-14)18(17)19/h5-7,14-15,17-21H,4,8-11H2,1-3H3. The van der Waals surface area contributed by atoms with Crippen molar-refractivity contribution in [2.45, 2.75) is 52.5 Å². The molecule has 0 radical (unpaired) electrons. The number of hydrogen-bond donors (Lipinski definition) is 1. The fourth-order valence-corrected chi connectivity index (χ4v) is 5.70. The van der Waals surface area contributed by atoms with Crippen LogP contribution in [0.2, 0.25) is 0 Å². The summed E-state index contributed by atoms with van der Waals surface area (Å²) in [5.41, 5.74) is 4.55. The first-order valence-corrected chi connectivity index (χ1v) is 9.02. The zero-order valence-corrected chi connectivity index (χ0v) is 13.7. The van der Waals surface area contributed by atoms with E-state index in [0.717, 1.165) is 36.1 Å². The minimum absolute atomic E-state index is 0.614. The molecule has 3 aliphatic rings. The maximum absolute atomic E-state index is 3.91. The highest BCUT2D eigenvalue weighted by Crippen LogP contribution is 2.72. The van der Waals surface area contributed by atoms with E-state index in [1.165, 1.54) is 30.4 Å². The van der Waals surface area contributed by atoms with Crippen LogP contribution in [0.25, 0.3) is 0 Å². The van der Waals surface area contributed by atoms with E-state index >= 15 is 0 Å². The molecular weight excluding hydrogens is 254 g/mol. The van der Waals surface area contributed by atoms with Crippen LogP contribution in [0.4, 0.5) is 0 Å². The molecule has 5 unspecified atom stereocenters. The van der Waals surface area contributed by atoms with Gasteiger partial charge in [-0.1, -0.05) is 25.1 Å². The van der Waals surface area contributed by atoms with Gasteiger partial charge < -0.3 is 5.32 Å². The normalized spacial score (nSPS) is 37.6. The van der Waals surface area contributed by atoms with Crippen LogP contribution in [0.1, 0.15) is 55.3 Å². The SMILES string of the molecule is CCCNC(c1cccc(C)c1C)C1C2C3CCC(C3)C21. The molecule has 2 bridgehead atoms. The van der Waals surface area contributed by atoms with Gasteiger partial charge in [0.25, 0.3) is 0 Å². The minimum Gasteiger partial charge on any atom is -0.310 e. The molecule has 0 heterocycles. The molecule has 1 aromatic carbocycles. The van der Waals surface area contributed by atoms with Crippen LogP contribution < -0.4 is 5.32 Å². The van der Waals surface area contributed by atoms with Crippen molar-refractivity contribution >= 4 is 0 Å². The summed E-state index contributed by atoms with van der Waals surface area (Å²) < 4.78 is 0. The predicted molar refractivity (Wildman–Crippen MR) is 88.3 cm³/mol. The van der Waals surface area contributed by atoms with E-state index in [-0.39, 0.29) is 0 Å². The van der Waals surface area contributed by atoms with Crippen LogP contribution in [0, 0.1) is 43.4 Å². The molecule has 5 atom stereocenters. The molecule has 0 aromatic heterocycles. The van der Waals surface area contributed by atoms with Crippen molar-refractivity contribution in [3.8, 4) is 0 Å². The largest absolute Gasteiger partial charge is 0.310 e. The van der Waals surface area contributed by atoms with E-state index < -0.39 is 0 Å². The van der Waals surface area contributed by atoms with E-state index in [1.807, 2.05) is 0 Å². The van der Waals surface area contributed by atoms with Gasteiger partial charge in [-0.3, -0.25) is 0 Å². The van der Waals surface area contributed by atoms with E-state index in [1.54, 1.807) is 12.0 Å². The van der Waals surface area contributed by atoms with Gasteiger partial charge in [-0.25, -0.2) is 0 Å². The average Bonchev–Trinajstić information content (AvgIpc) is 2.90. The molecule has 0 saturated heterocycles. The van der Waals surface area contributed by atoms with Crippen LogP contribution in [0.3, 0.4) is 0 Å². The molecule has 0 aliphatic heterocycles. The number of benzene rings is 1. The molecule has 3 fully saturated rings. The van der Waals surface area contributed by atoms with Gasteiger partial charge in [0.2, 0.25) is 0 Å². The predicted octanol–water partition coefficient (Wildman–Crippen LogP) is 4.64. The fourth-order valence-electron chi connectivity index (χ4n) is 5.70. The Hall–Kier alpha value is -0.820. The first-order valence-electron chi connectivity index (χ1n) is 9.02. The van der Waals surface area contributed by atoms with Crippen molar-refractivity contribution in [3.63, 3.8) is 0 Å². The number of nitrogens with one attached hydrogen (secondary N) is 1. The van der Waals surface area contributed by atoms with E-state index in [4.69, 9.17) is 0 Å². The van der Waals surface area contributed by atoms with Gasteiger partial charge in [0.15, 0.2) is 0 Å². The molecule has 1 heteroatoms. The topological polar surface area (TPSA) is 12.0 Å². The highest BCUT2D eigenvalue weighted by atomic mass is 15.0. The van der Waals surface area contributed by atoms with Crippen molar-refractivity contribution in [1.82, 2.24) is 5.32 Å². The lowest BCUT2D eigenvalue weighted by Gasteiger charge is -2.25. The van der Waals surface area contributed by atoms with Gasteiger partial charge in [0, 0.05) is 6.04 Å². The summed E-state index contributed by atoms with van der Waals surface area (Å²) >= 11 is 0. The molecule has 1 N–H and O–H groups in total. The molecule has 1 aromatic rings. The summed E-state index contributed by atoms with van der Waals surface area (Å²) in [5.74, 6) is 5.18. The zero-order chi connectivity index (χ0) is 14.6. The summed E-state index contributed by atoms with van der Waals surface area (Å²) in [7, 11) is 0. The van der Waals surface area contributed by atoms with E-state index in [2.05, 4.69) is 44.3 Å². The third-order valence-electron chi connectivity index (χ3n) is 6.78. The first-order chi connectivity index (χ1) is 10.2.